The van der Waals surface area contributed by atoms with Gasteiger partial charge >= 0.3 is 0 Å². The summed E-state index contributed by atoms with van der Waals surface area (Å²) in [7, 11) is 0. The molecule has 1 aromatic rings. The van der Waals surface area contributed by atoms with Gasteiger partial charge in [0.1, 0.15) is 12.6 Å². The zero-order chi connectivity index (χ0) is 15.2. The summed E-state index contributed by atoms with van der Waals surface area (Å²) >= 11 is 5.79. The zero-order valence-electron chi connectivity index (χ0n) is 11.4. The van der Waals surface area contributed by atoms with E-state index in [-0.39, 0.29) is 18.2 Å². The van der Waals surface area contributed by atoms with Crippen molar-refractivity contribution < 1.29 is 9.59 Å². The van der Waals surface area contributed by atoms with Crippen LogP contribution in [0.4, 0.5) is 0 Å². The van der Waals surface area contributed by atoms with Gasteiger partial charge in [-0.2, -0.15) is 5.26 Å². The quantitative estimate of drug-likeness (QED) is 0.929. The highest BCUT2D eigenvalue weighted by molar-refractivity contribution is 6.30. The van der Waals surface area contributed by atoms with Gasteiger partial charge in [0.2, 0.25) is 5.91 Å². The number of piperidine rings is 1. The number of hydrogen-bond acceptors (Lipinski definition) is 3. The van der Waals surface area contributed by atoms with E-state index in [1.165, 1.54) is 4.90 Å². The maximum atomic E-state index is 12.2. The predicted octanol–water partition coefficient (Wildman–Crippen LogP) is 2.14. The Balaban J connectivity index is 2.05. The van der Waals surface area contributed by atoms with Gasteiger partial charge in [0, 0.05) is 23.6 Å². The largest absolute Gasteiger partial charge is 0.331 e. The first kappa shape index (κ1) is 15.3. The lowest BCUT2D eigenvalue weighted by Gasteiger charge is -2.35. The number of nitrogens with zero attached hydrogens (tertiary/aromatic N) is 2. The van der Waals surface area contributed by atoms with Crippen LogP contribution in [0.3, 0.4) is 0 Å². The third kappa shape index (κ3) is 3.96. The Morgan fingerprint density at radius 2 is 2.10 bits per heavy atom. The number of nitriles is 1. The van der Waals surface area contributed by atoms with E-state index in [9.17, 15) is 9.59 Å². The van der Waals surface area contributed by atoms with Crippen LogP contribution in [0.5, 0.6) is 0 Å². The molecule has 6 heteroatoms. The molecule has 1 aliphatic rings. The van der Waals surface area contributed by atoms with Gasteiger partial charge in [-0.3, -0.25) is 9.59 Å². The number of likely N-dealkylation sites (tertiary alicyclic amines) is 1. The maximum Gasteiger partial charge on any atom is 0.252 e. The minimum atomic E-state index is -0.470. The number of amides is 2. The second-order valence-electron chi connectivity index (χ2n) is 4.73. The first-order chi connectivity index (χ1) is 10.1. The number of rotatable bonds is 3. The molecule has 1 aliphatic heterocycles. The lowest BCUT2D eigenvalue weighted by Crippen LogP contribution is -2.53. The van der Waals surface area contributed by atoms with E-state index < -0.39 is 6.17 Å². The summed E-state index contributed by atoms with van der Waals surface area (Å²) in [4.78, 5) is 25.6. The van der Waals surface area contributed by atoms with Gasteiger partial charge in [-0.25, -0.2) is 0 Å². The molecule has 1 aromatic carbocycles. The first-order valence-electron chi connectivity index (χ1n) is 6.68. The highest BCUT2D eigenvalue weighted by atomic mass is 35.5. The minimum Gasteiger partial charge on any atom is -0.331 e. The molecule has 2 amide bonds. The number of nitrogens with one attached hydrogen (secondary N) is 1. The summed E-state index contributed by atoms with van der Waals surface area (Å²) in [6, 6.07) is 8.38. The van der Waals surface area contributed by atoms with Crippen molar-refractivity contribution in [2.45, 2.75) is 25.4 Å². The molecule has 1 fully saturated rings. The van der Waals surface area contributed by atoms with Gasteiger partial charge in [0.25, 0.3) is 5.91 Å². The molecule has 1 radical (unpaired) electrons. The Morgan fingerprint density at radius 3 is 2.76 bits per heavy atom. The van der Waals surface area contributed by atoms with Crippen LogP contribution in [0.2, 0.25) is 5.02 Å². The summed E-state index contributed by atoms with van der Waals surface area (Å²) in [5.41, 5.74) is 0.478. The van der Waals surface area contributed by atoms with E-state index in [0.29, 0.717) is 17.1 Å². The van der Waals surface area contributed by atoms with E-state index >= 15 is 0 Å². The van der Waals surface area contributed by atoms with Crippen molar-refractivity contribution in [2.75, 3.05) is 6.54 Å². The molecule has 0 aliphatic carbocycles. The Kier molecular flexibility index (Phi) is 5.18. The van der Waals surface area contributed by atoms with Crippen LogP contribution in [0.15, 0.2) is 24.3 Å². The number of benzene rings is 1. The summed E-state index contributed by atoms with van der Waals surface area (Å²) in [6.45, 7) is 0.544. The molecular weight excluding hydrogens is 290 g/mol. The smallest absolute Gasteiger partial charge is 0.252 e. The lowest BCUT2D eigenvalue weighted by molar-refractivity contribution is -0.133. The average molecular weight is 305 g/mol. The van der Waals surface area contributed by atoms with Crippen molar-refractivity contribution in [3.05, 3.63) is 41.3 Å². The molecule has 21 heavy (non-hydrogen) atoms. The third-order valence-electron chi connectivity index (χ3n) is 3.26. The molecule has 1 atom stereocenters. The molecule has 0 spiro atoms. The fourth-order valence-electron chi connectivity index (χ4n) is 2.21. The molecule has 0 saturated carbocycles. The van der Waals surface area contributed by atoms with E-state index in [1.54, 1.807) is 24.3 Å². The average Bonchev–Trinajstić information content (AvgIpc) is 2.48. The summed E-state index contributed by atoms with van der Waals surface area (Å²) in [6.07, 6.45) is 2.89. The minimum absolute atomic E-state index is 0.179. The van der Waals surface area contributed by atoms with Crippen LogP contribution in [0.25, 0.3) is 0 Å². The second kappa shape index (κ2) is 7.09. The summed E-state index contributed by atoms with van der Waals surface area (Å²) in [5, 5.41) is 12.0. The van der Waals surface area contributed by atoms with E-state index in [0.717, 1.165) is 12.8 Å². The van der Waals surface area contributed by atoms with Gasteiger partial charge in [-0.15, -0.1) is 0 Å². The number of halogens is 1. The van der Waals surface area contributed by atoms with Crippen LogP contribution in [0.1, 0.15) is 29.6 Å². The molecule has 0 aromatic heterocycles. The maximum absolute atomic E-state index is 12.2. The Bertz CT molecular complexity index is 565. The van der Waals surface area contributed by atoms with Gasteiger partial charge in [-0.1, -0.05) is 11.6 Å². The molecule has 1 unspecified atom stereocenters. The Morgan fingerprint density at radius 1 is 1.38 bits per heavy atom. The van der Waals surface area contributed by atoms with Crippen LogP contribution < -0.4 is 5.32 Å². The molecule has 2 rings (SSSR count). The SMILES string of the molecule is N#CCC(=O)N1CCC[CH]C1NC(=O)c1ccc(Cl)cc1. The fraction of sp³-hybridized carbons (Fsp3) is 0.333. The molecule has 1 N–H and O–H groups in total. The van der Waals surface area contributed by atoms with Crippen LogP contribution in [-0.4, -0.2) is 29.4 Å². The summed E-state index contributed by atoms with van der Waals surface area (Å²) in [5.74, 6) is -0.542. The standard InChI is InChI=1S/C15H15ClN3O2/c16-12-6-4-11(5-7-12)15(21)18-13-3-1-2-10-19(13)14(20)8-9-17/h3-7,13H,1-2,8,10H2,(H,18,21). The van der Waals surface area contributed by atoms with E-state index in [4.69, 9.17) is 16.9 Å². The van der Waals surface area contributed by atoms with Crippen molar-refractivity contribution in [3.63, 3.8) is 0 Å². The number of carbonyl (C=O) groups is 2. The molecule has 0 bridgehead atoms. The Labute approximate surface area is 128 Å². The van der Waals surface area contributed by atoms with Gasteiger partial charge in [-0.05, 0) is 37.1 Å². The first-order valence-corrected chi connectivity index (χ1v) is 7.06. The highest BCUT2D eigenvalue weighted by Crippen LogP contribution is 2.16. The van der Waals surface area contributed by atoms with Crippen molar-refractivity contribution >= 4 is 23.4 Å². The van der Waals surface area contributed by atoms with Crippen molar-refractivity contribution in [2.24, 2.45) is 0 Å². The van der Waals surface area contributed by atoms with Gasteiger partial charge in [0.15, 0.2) is 0 Å². The fourth-order valence-corrected chi connectivity index (χ4v) is 2.33. The van der Waals surface area contributed by atoms with Crippen molar-refractivity contribution in [3.8, 4) is 6.07 Å². The van der Waals surface area contributed by atoms with E-state index in [1.807, 2.05) is 12.5 Å². The van der Waals surface area contributed by atoms with Gasteiger partial charge < -0.3 is 10.2 Å². The molecule has 1 saturated heterocycles. The zero-order valence-corrected chi connectivity index (χ0v) is 12.1. The van der Waals surface area contributed by atoms with Crippen LogP contribution in [0, 0.1) is 17.8 Å². The third-order valence-corrected chi connectivity index (χ3v) is 3.52. The monoisotopic (exact) mass is 304 g/mol. The molecule has 5 nitrogen and oxygen atoms in total. The number of hydrogen-bond donors (Lipinski definition) is 1. The normalized spacial score (nSPS) is 17.9. The molecular formula is C15H15ClN3O2. The Hall–Kier alpha value is -2.06. The topological polar surface area (TPSA) is 73.2 Å². The predicted molar refractivity (Wildman–Crippen MR) is 78.2 cm³/mol. The lowest BCUT2D eigenvalue weighted by atomic mass is 10.1. The molecule has 1 heterocycles. The van der Waals surface area contributed by atoms with Crippen molar-refractivity contribution in [1.29, 1.82) is 5.26 Å². The molecule has 109 valence electrons. The number of carbonyl (C=O) groups excluding carboxylic acids is 2. The van der Waals surface area contributed by atoms with Crippen LogP contribution >= 0.6 is 11.6 Å². The van der Waals surface area contributed by atoms with E-state index in [2.05, 4.69) is 5.32 Å². The highest BCUT2D eigenvalue weighted by Gasteiger charge is 2.28. The second-order valence-corrected chi connectivity index (χ2v) is 5.16. The van der Waals surface area contributed by atoms with Gasteiger partial charge in [0.05, 0.1) is 6.07 Å². The van der Waals surface area contributed by atoms with Crippen molar-refractivity contribution in [1.82, 2.24) is 10.2 Å². The van der Waals surface area contributed by atoms with Crippen LogP contribution in [-0.2, 0) is 4.79 Å². The summed E-state index contributed by atoms with van der Waals surface area (Å²) < 4.78 is 0.